The minimum atomic E-state index is -2.60. The van der Waals surface area contributed by atoms with E-state index in [2.05, 4.69) is 10.6 Å². The van der Waals surface area contributed by atoms with Crippen molar-refractivity contribution in [2.24, 2.45) is 0 Å². The van der Waals surface area contributed by atoms with Gasteiger partial charge in [-0.15, -0.1) is 0 Å². The zero-order valence-corrected chi connectivity index (χ0v) is 14.9. The molecule has 0 aromatic heterocycles. The van der Waals surface area contributed by atoms with E-state index in [0.717, 1.165) is 5.56 Å². The van der Waals surface area contributed by atoms with Crippen LogP contribution in [0.2, 0.25) is 0 Å². The van der Waals surface area contributed by atoms with Crippen molar-refractivity contribution in [3.8, 4) is 0 Å². The predicted molar refractivity (Wildman–Crippen MR) is 98.0 cm³/mol. The smallest absolute Gasteiger partial charge is 0.288 e. The number of carbonyl (C=O) groups is 1. The lowest BCUT2D eigenvalue weighted by Gasteiger charge is -2.13. The number of nitro groups is 1. The molecule has 6 nitrogen and oxygen atoms in total. The molecule has 2 aromatic rings. The van der Waals surface area contributed by atoms with E-state index >= 15 is 0 Å². The molecular weight excluding hydrogens is 364 g/mol. The maximum atomic E-state index is 12.6. The van der Waals surface area contributed by atoms with Gasteiger partial charge in [0.05, 0.1) is 17.2 Å². The minimum Gasteiger partial charge on any atom is -0.376 e. The third kappa shape index (κ3) is 5.16. The first kappa shape index (κ1) is 19.6. The van der Waals surface area contributed by atoms with Gasteiger partial charge in [-0.25, -0.2) is 0 Å². The summed E-state index contributed by atoms with van der Waals surface area (Å²) in [6.07, 6.45) is 0. The number of carbonyl (C=O) groups excluding carboxylic acids is 1. The van der Waals surface area contributed by atoms with Crippen LogP contribution < -0.4 is 10.6 Å². The monoisotopic (exact) mass is 381 g/mol. The van der Waals surface area contributed by atoms with E-state index < -0.39 is 16.6 Å². The Bertz CT molecular complexity index is 831. The average molecular weight is 381 g/mol. The maximum absolute atomic E-state index is 12.6. The number of benzene rings is 2. The van der Waals surface area contributed by atoms with Crippen molar-refractivity contribution in [2.45, 2.75) is 24.5 Å². The van der Waals surface area contributed by atoms with Gasteiger partial charge < -0.3 is 10.6 Å². The number of rotatable bonds is 7. The van der Waals surface area contributed by atoms with Crippen molar-refractivity contribution in [1.82, 2.24) is 0 Å². The fourth-order valence-corrected chi connectivity index (χ4v) is 2.96. The molecule has 0 saturated heterocycles. The Balaban J connectivity index is 2.06. The lowest BCUT2D eigenvalue weighted by atomic mass is 10.1. The van der Waals surface area contributed by atoms with Gasteiger partial charge in [0.25, 0.3) is 11.4 Å². The summed E-state index contributed by atoms with van der Waals surface area (Å²) in [6.45, 7) is 3.25. The molecule has 2 rings (SSSR count). The van der Waals surface area contributed by atoms with Crippen LogP contribution in [0.4, 0.5) is 25.8 Å². The quantitative estimate of drug-likeness (QED) is 0.417. The summed E-state index contributed by atoms with van der Waals surface area (Å²) in [5.74, 6) is -3.04. The Labute approximate surface area is 153 Å². The Morgan fingerprint density at radius 3 is 2.54 bits per heavy atom. The molecular formula is C17H17F2N3O3S. The molecule has 0 saturated carbocycles. The molecule has 0 aliphatic rings. The highest BCUT2D eigenvalue weighted by Crippen LogP contribution is 2.31. The van der Waals surface area contributed by atoms with E-state index in [9.17, 15) is 23.7 Å². The highest BCUT2D eigenvalue weighted by Gasteiger charge is 2.15. The number of aryl methyl sites for hydroxylation is 2. The van der Waals surface area contributed by atoms with Gasteiger partial charge in [0.15, 0.2) is 0 Å². The van der Waals surface area contributed by atoms with Crippen LogP contribution in [0.3, 0.4) is 0 Å². The standard InChI is InChI=1S/C17H17F2N3O3S/c1-10-7-11(2)14(22(24)25)8-13(10)20-9-16(23)21-12-5-3-4-6-15(12)26-17(18)19/h3-8,17,20H,9H2,1-2H3,(H,21,23). The van der Waals surface area contributed by atoms with E-state index in [1.807, 2.05) is 0 Å². The van der Waals surface area contributed by atoms with Gasteiger partial charge in [-0.05, 0) is 37.6 Å². The van der Waals surface area contributed by atoms with Gasteiger partial charge in [-0.3, -0.25) is 14.9 Å². The van der Waals surface area contributed by atoms with Gasteiger partial charge in [0.1, 0.15) is 0 Å². The van der Waals surface area contributed by atoms with Gasteiger partial charge in [-0.1, -0.05) is 23.9 Å². The zero-order chi connectivity index (χ0) is 19.3. The van der Waals surface area contributed by atoms with Crippen LogP contribution in [0.5, 0.6) is 0 Å². The molecule has 138 valence electrons. The van der Waals surface area contributed by atoms with Crippen LogP contribution in [0.25, 0.3) is 0 Å². The second-order valence-electron chi connectivity index (χ2n) is 5.49. The van der Waals surface area contributed by atoms with Crippen molar-refractivity contribution in [1.29, 1.82) is 0 Å². The maximum Gasteiger partial charge on any atom is 0.288 e. The normalized spacial score (nSPS) is 10.7. The Morgan fingerprint density at radius 2 is 1.88 bits per heavy atom. The molecule has 2 aromatic carbocycles. The van der Waals surface area contributed by atoms with Crippen LogP contribution in [0, 0.1) is 24.0 Å². The SMILES string of the molecule is Cc1cc(C)c([N+](=O)[O-])cc1NCC(=O)Nc1ccccc1SC(F)F. The van der Waals surface area contributed by atoms with E-state index in [4.69, 9.17) is 0 Å². The molecule has 0 atom stereocenters. The summed E-state index contributed by atoms with van der Waals surface area (Å²) in [4.78, 5) is 22.9. The van der Waals surface area contributed by atoms with E-state index in [1.165, 1.54) is 18.2 Å². The fourth-order valence-electron chi connectivity index (χ4n) is 2.37. The Morgan fingerprint density at radius 1 is 1.19 bits per heavy atom. The van der Waals surface area contributed by atoms with Crippen molar-refractivity contribution in [2.75, 3.05) is 17.2 Å². The number of amides is 1. The third-order valence-corrected chi connectivity index (χ3v) is 4.34. The molecule has 0 unspecified atom stereocenters. The first-order chi connectivity index (χ1) is 12.3. The molecule has 0 aliphatic heterocycles. The van der Waals surface area contributed by atoms with Crippen molar-refractivity contribution in [3.05, 3.63) is 57.6 Å². The van der Waals surface area contributed by atoms with Crippen LogP contribution in [0.1, 0.15) is 11.1 Å². The molecule has 0 radical (unpaired) electrons. The Kier molecular flexibility index (Phi) is 6.51. The summed E-state index contributed by atoms with van der Waals surface area (Å²) < 4.78 is 25.1. The largest absolute Gasteiger partial charge is 0.376 e. The van der Waals surface area contributed by atoms with Crippen molar-refractivity contribution in [3.63, 3.8) is 0 Å². The second-order valence-corrected chi connectivity index (χ2v) is 6.52. The summed E-state index contributed by atoms with van der Waals surface area (Å²) in [6, 6.07) is 9.29. The first-order valence-electron chi connectivity index (χ1n) is 7.61. The number of hydrogen-bond donors (Lipinski definition) is 2. The number of anilines is 2. The first-order valence-corrected chi connectivity index (χ1v) is 8.49. The number of nitrogens with one attached hydrogen (secondary N) is 2. The number of hydrogen-bond acceptors (Lipinski definition) is 5. The fraction of sp³-hybridized carbons (Fsp3) is 0.235. The molecule has 0 bridgehead atoms. The Hall–Kier alpha value is -2.68. The number of nitro benzene ring substituents is 1. The highest BCUT2D eigenvalue weighted by molar-refractivity contribution is 7.99. The number of thioether (sulfide) groups is 1. The summed E-state index contributed by atoms with van der Waals surface area (Å²) in [7, 11) is 0. The van der Waals surface area contributed by atoms with Crippen LogP contribution in [0.15, 0.2) is 41.3 Å². The minimum absolute atomic E-state index is 0.0443. The second kappa shape index (κ2) is 8.61. The summed E-state index contributed by atoms with van der Waals surface area (Å²) in [5.41, 5.74) is 2.00. The number of halogens is 2. The van der Waals surface area contributed by atoms with Crippen LogP contribution >= 0.6 is 11.8 Å². The number of para-hydroxylation sites is 1. The molecule has 2 N–H and O–H groups in total. The molecule has 0 fully saturated rings. The zero-order valence-electron chi connectivity index (χ0n) is 14.1. The van der Waals surface area contributed by atoms with Crippen molar-refractivity contribution < 1.29 is 18.5 Å². The molecule has 0 heterocycles. The van der Waals surface area contributed by atoms with Crippen LogP contribution in [-0.4, -0.2) is 23.1 Å². The number of nitrogens with zero attached hydrogens (tertiary/aromatic N) is 1. The topological polar surface area (TPSA) is 84.3 Å². The predicted octanol–water partition coefficient (Wildman–Crippen LogP) is 4.58. The molecule has 0 spiro atoms. The van der Waals surface area contributed by atoms with E-state index in [1.54, 1.807) is 32.0 Å². The van der Waals surface area contributed by atoms with E-state index in [0.29, 0.717) is 23.0 Å². The molecule has 0 aliphatic carbocycles. The number of alkyl halides is 2. The van der Waals surface area contributed by atoms with Gasteiger partial charge >= 0.3 is 0 Å². The average Bonchev–Trinajstić information content (AvgIpc) is 2.55. The lowest BCUT2D eigenvalue weighted by Crippen LogP contribution is -2.22. The van der Waals surface area contributed by atoms with E-state index in [-0.39, 0.29) is 22.8 Å². The van der Waals surface area contributed by atoms with Gasteiger partial charge in [0.2, 0.25) is 5.91 Å². The van der Waals surface area contributed by atoms with Crippen LogP contribution in [-0.2, 0) is 4.79 Å². The van der Waals surface area contributed by atoms with Gasteiger partial charge in [-0.2, -0.15) is 8.78 Å². The highest BCUT2D eigenvalue weighted by atomic mass is 32.2. The van der Waals surface area contributed by atoms with Crippen molar-refractivity contribution >= 4 is 34.7 Å². The van der Waals surface area contributed by atoms with Gasteiger partial charge in [0, 0.05) is 22.2 Å². The summed E-state index contributed by atoms with van der Waals surface area (Å²) in [5, 5.41) is 16.4. The summed E-state index contributed by atoms with van der Waals surface area (Å²) >= 11 is 0.347. The molecule has 9 heteroatoms. The third-order valence-electron chi connectivity index (χ3n) is 3.56. The lowest BCUT2D eigenvalue weighted by molar-refractivity contribution is -0.385. The molecule has 26 heavy (non-hydrogen) atoms. The molecule has 1 amide bonds.